The normalized spacial score (nSPS) is 14.5. The number of methoxy groups -OCH3 is 2. The molecular weight excluding hydrogens is 394 g/mol. The van der Waals surface area contributed by atoms with Crippen molar-refractivity contribution in [2.24, 2.45) is 0 Å². The molecule has 0 unspecified atom stereocenters. The largest absolute Gasteiger partial charge is 0.493 e. The molecule has 1 aliphatic rings. The molecule has 0 radical (unpaired) electrons. The van der Waals surface area contributed by atoms with Gasteiger partial charge in [0.15, 0.2) is 11.5 Å². The topological polar surface area (TPSA) is 62.3 Å². The summed E-state index contributed by atoms with van der Waals surface area (Å²) >= 11 is 0. The summed E-state index contributed by atoms with van der Waals surface area (Å²) in [7, 11) is 3.16. The lowest BCUT2D eigenvalue weighted by atomic mass is 10.0. The Morgan fingerprint density at radius 1 is 0.968 bits per heavy atom. The number of fused-ring (bicyclic) bond motifs is 1. The standard InChI is InChI=1S/C25H29NO5/c1-17-24(18-7-10-21(28-2)23(15-18)29-3)25(27)20-9-8-19(16-22(20)31-17)30-14-13-26-11-5-4-6-12-26/h7-10,15-16H,4-6,11-14H2,1-3H3/p+1. The minimum absolute atomic E-state index is 0.0738. The fourth-order valence-corrected chi connectivity index (χ4v) is 4.32. The number of hydrogen-bond donors (Lipinski definition) is 1. The highest BCUT2D eigenvalue weighted by molar-refractivity contribution is 5.84. The van der Waals surface area contributed by atoms with E-state index in [4.69, 9.17) is 18.6 Å². The molecule has 0 bridgehead atoms. The van der Waals surface area contributed by atoms with Gasteiger partial charge in [-0.15, -0.1) is 0 Å². The van der Waals surface area contributed by atoms with Gasteiger partial charge in [0.25, 0.3) is 0 Å². The first kappa shape index (κ1) is 21.2. The molecule has 1 fully saturated rings. The molecule has 1 N–H and O–H groups in total. The van der Waals surface area contributed by atoms with Gasteiger partial charge < -0.3 is 23.5 Å². The van der Waals surface area contributed by atoms with Crippen molar-refractivity contribution in [3.05, 3.63) is 52.4 Å². The van der Waals surface area contributed by atoms with Crippen molar-refractivity contribution in [1.29, 1.82) is 0 Å². The van der Waals surface area contributed by atoms with E-state index in [9.17, 15) is 4.79 Å². The Hall–Kier alpha value is -2.99. The number of piperidine rings is 1. The summed E-state index contributed by atoms with van der Waals surface area (Å²) in [5.74, 6) is 2.46. The van der Waals surface area contributed by atoms with E-state index in [-0.39, 0.29) is 5.43 Å². The fourth-order valence-electron chi connectivity index (χ4n) is 4.32. The molecule has 1 aliphatic heterocycles. The highest BCUT2D eigenvalue weighted by Crippen LogP contribution is 2.33. The second kappa shape index (κ2) is 9.43. The zero-order valence-electron chi connectivity index (χ0n) is 18.5. The van der Waals surface area contributed by atoms with Gasteiger partial charge in [-0.25, -0.2) is 0 Å². The van der Waals surface area contributed by atoms with Crippen molar-refractivity contribution in [2.45, 2.75) is 26.2 Å². The molecule has 2 aromatic carbocycles. The monoisotopic (exact) mass is 424 g/mol. The van der Waals surface area contributed by atoms with Gasteiger partial charge in [-0.05, 0) is 56.0 Å². The number of hydrogen-bond acceptors (Lipinski definition) is 5. The second-order valence-electron chi connectivity index (χ2n) is 8.00. The van der Waals surface area contributed by atoms with Crippen molar-refractivity contribution in [3.8, 4) is 28.4 Å². The first-order chi connectivity index (χ1) is 15.1. The predicted octanol–water partition coefficient (Wildman–Crippen LogP) is 3.23. The first-order valence-corrected chi connectivity index (χ1v) is 10.9. The molecule has 0 atom stereocenters. The summed E-state index contributed by atoms with van der Waals surface area (Å²) in [4.78, 5) is 14.9. The van der Waals surface area contributed by atoms with Crippen molar-refractivity contribution in [3.63, 3.8) is 0 Å². The van der Waals surface area contributed by atoms with Gasteiger partial charge in [-0.1, -0.05) is 6.07 Å². The maximum Gasteiger partial charge on any atom is 0.200 e. The SMILES string of the molecule is COc1ccc(-c2c(C)oc3cc(OCC[NH+]4CCCCC4)ccc3c2=O)cc1OC. The van der Waals surface area contributed by atoms with Gasteiger partial charge in [0, 0.05) is 6.07 Å². The Labute approximate surface area is 182 Å². The molecule has 0 saturated carbocycles. The van der Waals surface area contributed by atoms with Crippen molar-refractivity contribution in [2.75, 3.05) is 40.5 Å². The molecule has 1 aromatic heterocycles. The van der Waals surface area contributed by atoms with Gasteiger partial charge in [0.2, 0.25) is 5.43 Å². The van der Waals surface area contributed by atoms with Gasteiger partial charge >= 0.3 is 0 Å². The van der Waals surface area contributed by atoms with Crippen LogP contribution in [0.25, 0.3) is 22.1 Å². The van der Waals surface area contributed by atoms with E-state index in [1.54, 1.807) is 44.2 Å². The van der Waals surface area contributed by atoms with Crippen LogP contribution in [0.1, 0.15) is 25.0 Å². The minimum atomic E-state index is -0.0738. The molecular formula is C25H30NO5+. The van der Waals surface area contributed by atoms with Crippen LogP contribution >= 0.6 is 0 Å². The van der Waals surface area contributed by atoms with Crippen LogP contribution in [0.3, 0.4) is 0 Å². The summed E-state index contributed by atoms with van der Waals surface area (Å²) in [6.07, 6.45) is 3.95. The van der Waals surface area contributed by atoms with Crippen LogP contribution in [0.2, 0.25) is 0 Å². The summed E-state index contributed by atoms with van der Waals surface area (Å²) in [6.45, 7) is 5.93. The average molecular weight is 425 g/mol. The van der Waals surface area contributed by atoms with Crippen molar-refractivity contribution < 1.29 is 23.5 Å². The third-order valence-electron chi connectivity index (χ3n) is 6.00. The Morgan fingerprint density at radius 2 is 1.74 bits per heavy atom. The zero-order chi connectivity index (χ0) is 21.8. The highest BCUT2D eigenvalue weighted by Gasteiger charge is 2.17. The van der Waals surface area contributed by atoms with E-state index in [0.29, 0.717) is 40.4 Å². The van der Waals surface area contributed by atoms with Crippen LogP contribution in [0.5, 0.6) is 17.2 Å². The molecule has 3 aromatic rings. The second-order valence-corrected chi connectivity index (χ2v) is 8.00. The molecule has 2 heterocycles. The van der Waals surface area contributed by atoms with E-state index in [2.05, 4.69) is 0 Å². The molecule has 4 rings (SSSR count). The summed E-state index contributed by atoms with van der Waals surface area (Å²) in [6, 6.07) is 10.9. The summed E-state index contributed by atoms with van der Waals surface area (Å²) in [5.41, 5.74) is 1.72. The Morgan fingerprint density at radius 3 is 2.48 bits per heavy atom. The maximum atomic E-state index is 13.3. The number of likely N-dealkylation sites (tertiary alicyclic amines) is 1. The van der Waals surface area contributed by atoms with Crippen LogP contribution in [0.4, 0.5) is 0 Å². The first-order valence-electron chi connectivity index (χ1n) is 10.9. The molecule has 6 heteroatoms. The molecule has 0 amide bonds. The highest BCUT2D eigenvalue weighted by atomic mass is 16.5. The molecule has 6 nitrogen and oxygen atoms in total. The lowest BCUT2D eigenvalue weighted by Gasteiger charge is -2.23. The fraction of sp³-hybridized carbons (Fsp3) is 0.400. The van der Waals surface area contributed by atoms with Gasteiger partial charge in [-0.3, -0.25) is 4.79 Å². The van der Waals surface area contributed by atoms with Crippen LogP contribution in [-0.2, 0) is 0 Å². The van der Waals surface area contributed by atoms with Crippen molar-refractivity contribution in [1.82, 2.24) is 0 Å². The van der Waals surface area contributed by atoms with Crippen LogP contribution in [-0.4, -0.2) is 40.5 Å². The number of benzene rings is 2. The predicted molar refractivity (Wildman–Crippen MR) is 121 cm³/mol. The maximum absolute atomic E-state index is 13.3. The van der Waals surface area contributed by atoms with Gasteiger partial charge in [0.1, 0.15) is 30.2 Å². The quantitative estimate of drug-likeness (QED) is 0.631. The van der Waals surface area contributed by atoms with Gasteiger partial charge in [-0.2, -0.15) is 0 Å². The summed E-state index contributed by atoms with van der Waals surface area (Å²) in [5, 5.41) is 0.532. The molecule has 164 valence electrons. The minimum Gasteiger partial charge on any atom is -0.493 e. The number of ether oxygens (including phenoxy) is 3. The summed E-state index contributed by atoms with van der Waals surface area (Å²) < 4.78 is 22.7. The lowest BCUT2D eigenvalue weighted by Crippen LogP contribution is -3.13. The number of aryl methyl sites for hydroxylation is 1. The van der Waals surface area contributed by atoms with E-state index >= 15 is 0 Å². The lowest BCUT2D eigenvalue weighted by molar-refractivity contribution is -0.904. The number of rotatable bonds is 7. The van der Waals surface area contributed by atoms with E-state index in [1.165, 1.54) is 32.4 Å². The molecule has 1 saturated heterocycles. The number of quaternary nitrogens is 1. The van der Waals surface area contributed by atoms with E-state index in [0.717, 1.165) is 17.9 Å². The Balaban J connectivity index is 1.59. The smallest absolute Gasteiger partial charge is 0.200 e. The van der Waals surface area contributed by atoms with Crippen LogP contribution < -0.4 is 24.5 Å². The van der Waals surface area contributed by atoms with E-state index < -0.39 is 0 Å². The third kappa shape index (κ3) is 4.54. The molecule has 0 spiro atoms. The average Bonchev–Trinajstić information content (AvgIpc) is 2.79. The Kier molecular flexibility index (Phi) is 6.47. The molecule has 0 aliphatic carbocycles. The molecule has 31 heavy (non-hydrogen) atoms. The Bertz CT molecular complexity index is 1110. The van der Waals surface area contributed by atoms with E-state index in [1.807, 2.05) is 18.2 Å². The van der Waals surface area contributed by atoms with Crippen LogP contribution in [0.15, 0.2) is 45.6 Å². The van der Waals surface area contributed by atoms with Crippen LogP contribution in [0, 0.1) is 6.92 Å². The van der Waals surface area contributed by atoms with Crippen molar-refractivity contribution >= 4 is 11.0 Å². The number of nitrogens with one attached hydrogen (secondary N) is 1. The zero-order valence-corrected chi connectivity index (χ0v) is 18.5. The van der Waals surface area contributed by atoms with Gasteiger partial charge in [0.05, 0.1) is 38.3 Å². The third-order valence-corrected chi connectivity index (χ3v) is 6.00.